The number of carbonyl (C=O) groups excluding carboxylic acids is 2. The van der Waals surface area contributed by atoms with Crippen molar-refractivity contribution in [3.63, 3.8) is 0 Å². The highest BCUT2D eigenvalue weighted by atomic mass is 35.5. The molecule has 3 aromatic rings. The van der Waals surface area contributed by atoms with Crippen molar-refractivity contribution in [2.75, 3.05) is 10.8 Å². The lowest BCUT2D eigenvalue weighted by Crippen LogP contribution is -2.53. The van der Waals surface area contributed by atoms with Crippen LogP contribution >= 0.6 is 11.6 Å². The number of hydrogen-bond donors (Lipinski definition) is 1. The third kappa shape index (κ3) is 7.14. The molecule has 1 N–H and O–H groups in total. The van der Waals surface area contributed by atoms with Crippen LogP contribution in [0.4, 0.5) is 5.69 Å². The van der Waals surface area contributed by atoms with Gasteiger partial charge < -0.3 is 10.2 Å². The van der Waals surface area contributed by atoms with Gasteiger partial charge in [0.2, 0.25) is 11.8 Å². The van der Waals surface area contributed by atoms with Crippen LogP contribution < -0.4 is 9.62 Å². The molecule has 0 aliphatic carbocycles. The fraction of sp³-hybridized carbons (Fsp3) is 0.310. The average molecular weight is 556 g/mol. The molecule has 0 radical (unpaired) electrons. The Balaban J connectivity index is 2.05. The molecule has 9 heteroatoms. The van der Waals surface area contributed by atoms with Crippen molar-refractivity contribution >= 4 is 39.1 Å². The molecule has 202 valence electrons. The van der Waals surface area contributed by atoms with E-state index in [2.05, 4.69) is 5.32 Å². The van der Waals surface area contributed by atoms with Gasteiger partial charge in [-0.1, -0.05) is 72.6 Å². The van der Waals surface area contributed by atoms with Gasteiger partial charge in [0.15, 0.2) is 0 Å². The van der Waals surface area contributed by atoms with Crippen LogP contribution in [0.1, 0.15) is 38.3 Å². The second-order valence-corrected chi connectivity index (χ2v) is 11.6. The van der Waals surface area contributed by atoms with Gasteiger partial charge in [-0.2, -0.15) is 0 Å². The molecule has 0 saturated heterocycles. The van der Waals surface area contributed by atoms with Gasteiger partial charge in [-0.25, -0.2) is 8.42 Å². The summed E-state index contributed by atoms with van der Waals surface area (Å²) in [5, 5.41) is 3.33. The molecule has 1 atom stereocenters. The molecule has 2 amide bonds. The lowest BCUT2D eigenvalue weighted by molar-refractivity contribution is -0.140. The summed E-state index contributed by atoms with van der Waals surface area (Å²) in [7, 11) is -4.09. The minimum Gasteiger partial charge on any atom is -0.352 e. The summed E-state index contributed by atoms with van der Waals surface area (Å²) >= 11 is 6.41. The van der Waals surface area contributed by atoms with Crippen LogP contribution in [0.2, 0.25) is 5.02 Å². The maximum Gasteiger partial charge on any atom is 0.264 e. The Labute approximate surface area is 230 Å². The van der Waals surface area contributed by atoms with E-state index < -0.39 is 28.5 Å². The van der Waals surface area contributed by atoms with Crippen molar-refractivity contribution in [2.45, 2.75) is 57.6 Å². The molecule has 0 saturated carbocycles. The quantitative estimate of drug-likeness (QED) is 0.353. The minimum atomic E-state index is -4.09. The fourth-order valence-electron chi connectivity index (χ4n) is 4.07. The number of nitrogens with zero attached hydrogens (tertiary/aromatic N) is 2. The summed E-state index contributed by atoms with van der Waals surface area (Å²) in [6.07, 6.45) is 0.338. The third-order valence-corrected chi connectivity index (χ3v) is 8.20. The Morgan fingerprint density at radius 2 is 1.53 bits per heavy atom. The maximum atomic E-state index is 14.0. The van der Waals surface area contributed by atoms with Crippen LogP contribution in [0.25, 0.3) is 0 Å². The second kappa shape index (κ2) is 12.9. The van der Waals surface area contributed by atoms with Gasteiger partial charge >= 0.3 is 0 Å². The molecule has 0 heterocycles. The van der Waals surface area contributed by atoms with E-state index >= 15 is 0 Å². The Morgan fingerprint density at radius 1 is 0.921 bits per heavy atom. The zero-order valence-electron chi connectivity index (χ0n) is 22.1. The summed E-state index contributed by atoms with van der Waals surface area (Å²) in [6.45, 7) is 6.93. The summed E-state index contributed by atoms with van der Waals surface area (Å²) < 4.78 is 28.7. The van der Waals surface area contributed by atoms with Crippen LogP contribution in [0.5, 0.6) is 0 Å². The van der Waals surface area contributed by atoms with Gasteiger partial charge in [0.25, 0.3) is 10.0 Å². The highest BCUT2D eigenvalue weighted by Crippen LogP contribution is 2.26. The number of para-hydroxylation sites is 1. The molecule has 0 aliphatic rings. The Kier molecular flexibility index (Phi) is 9.94. The van der Waals surface area contributed by atoms with Gasteiger partial charge in [0.1, 0.15) is 12.6 Å². The van der Waals surface area contributed by atoms with Crippen molar-refractivity contribution in [2.24, 2.45) is 0 Å². The number of anilines is 1. The highest BCUT2D eigenvalue weighted by Gasteiger charge is 2.34. The van der Waals surface area contributed by atoms with Crippen LogP contribution in [0.15, 0.2) is 83.8 Å². The number of nitrogens with one attached hydrogen (secondary N) is 1. The number of amides is 2. The van der Waals surface area contributed by atoms with Gasteiger partial charge in [-0.05, 0) is 63.1 Å². The minimum absolute atomic E-state index is 0.0513. The molecule has 7 nitrogen and oxygen atoms in total. The highest BCUT2D eigenvalue weighted by molar-refractivity contribution is 7.92. The zero-order valence-corrected chi connectivity index (χ0v) is 23.7. The number of halogens is 1. The van der Waals surface area contributed by atoms with Crippen molar-refractivity contribution in [3.05, 3.63) is 95.0 Å². The van der Waals surface area contributed by atoms with Gasteiger partial charge in [-0.15, -0.1) is 0 Å². The fourth-order valence-corrected chi connectivity index (χ4v) is 5.68. The number of rotatable bonds is 11. The van der Waals surface area contributed by atoms with Crippen molar-refractivity contribution in [1.29, 1.82) is 0 Å². The Morgan fingerprint density at radius 3 is 2.11 bits per heavy atom. The molecule has 0 aromatic heterocycles. The van der Waals surface area contributed by atoms with E-state index in [4.69, 9.17) is 11.6 Å². The molecule has 0 fully saturated rings. The molecular formula is C29H34ClN3O4S. The molecule has 0 aliphatic heterocycles. The molecule has 38 heavy (non-hydrogen) atoms. The first-order chi connectivity index (χ1) is 18.0. The lowest BCUT2D eigenvalue weighted by Gasteiger charge is -2.33. The van der Waals surface area contributed by atoms with Crippen molar-refractivity contribution < 1.29 is 18.0 Å². The van der Waals surface area contributed by atoms with Gasteiger partial charge in [-0.3, -0.25) is 13.9 Å². The first-order valence-electron chi connectivity index (χ1n) is 12.5. The number of aryl methyl sites for hydroxylation is 1. The summed E-state index contributed by atoms with van der Waals surface area (Å²) in [5.41, 5.74) is 1.92. The van der Waals surface area contributed by atoms with E-state index in [1.165, 1.54) is 17.0 Å². The van der Waals surface area contributed by atoms with Crippen LogP contribution in [-0.4, -0.2) is 43.8 Å². The first kappa shape index (κ1) is 29.2. The zero-order chi connectivity index (χ0) is 27.9. The van der Waals surface area contributed by atoms with E-state index in [0.717, 1.165) is 9.87 Å². The first-order valence-corrected chi connectivity index (χ1v) is 14.3. The smallest absolute Gasteiger partial charge is 0.264 e. The number of hydrogen-bond acceptors (Lipinski definition) is 4. The number of benzene rings is 3. The van der Waals surface area contributed by atoms with E-state index in [9.17, 15) is 18.0 Å². The van der Waals surface area contributed by atoms with Crippen molar-refractivity contribution in [1.82, 2.24) is 10.2 Å². The Hall–Kier alpha value is -3.36. The normalized spacial score (nSPS) is 12.2. The van der Waals surface area contributed by atoms with E-state index in [0.29, 0.717) is 22.7 Å². The monoisotopic (exact) mass is 555 g/mol. The predicted octanol–water partition coefficient (Wildman–Crippen LogP) is 5.18. The van der Waals surface area contributed by atoms with E-state index in [1.807, 2.05) is 27.7 Å². The van der Waals surface area contributed by atoms with E-state index in [1.54, 1.807) is 66.7 Å². The Bertz CT molecular complexity index is 1350. The summed E-state index contributed by atoms with van der Waals surface area (Å²) in [4.78, 5) is 28.6. The standard InChI is InChI=1S/C29H34ClN3O4S/c1-5-27(29(35)31-21(2)3)32(19-23-11-9-10-14-26(23)30)28(34)20-33(24-12-7-6-8-13-24)38(36,37)25-17-15-22(4)16-18-25/h6-18,21,27H,5,19-20H2,1-4H3,(H,31,35)/t27-/m0/s1. The predicted molar refractivity (Wildman–Crippen MR) is 152 cm³/mol. The molecular weight excluding hydrogens is 522 g/mol. The molecule has 3 rings (SSSR count). The summed E-state index contributed by atoms with van der Waals surface area (Å²) in [6, 6.07) is 21.1. The summed E-state index contributed by atoms with van der Waals surface area (Å²) in [5.74, 6) is -0.828. The molecule has 0 bridgehead atoms. The topological polar surface area (TPSA) is 86.8 Å². The third-order valence-electron chi connectivity index (χ3n) is 6.05. The average Bonchev–Trinajstić information content (AvgIpc) is 2.88. The maximum absolute atomic E-state index is 14.0. The molecule has 3 aromatic carbocycles. The van der Waals surface area contributed by atoms with E-state index in [-0.39, 0.29) is 23.4 Å². The molecule has 0 spiro atoms. The lowest BCUT2D eigenvalue weighted by atomic mass is 10.1. The number of carbonyl (C=O) groups is 2. The number of sulfonamides is 1. The second-order valence-electron chi connectivity index (χ2n) is 9.36. The SMILES string of the molecule is CC[C@@H](C(=O)NC(C)C)N(Cc1ccccc1Cl)C(=O)CN(c1ccccc1)S(=O)(=O)c1ccc(C)cc1. The van der Waals surface area contributed by atoms with Gasteiger partial charge in [0.05, 0.1) is 10.6 Å². The van der Waals surface area contributed by atoms with Crippen LogP contribution in [-0.2, 0) is 26.2 Å². The van der Waals surface area contributed by atoms with Crippen LogP contribution in [0, 0.1) is 6.92 Å². The van der Waals surface area contributed by atoms with Crippen LogP contribution in [0.3, 0.4) is 0 Å². The van der Waals surface area contributed by atoms with Gasteiger partial charge in [0, 0.05) is 17.6 Å². The molecule has 0 unspecified atom stereocenters. The largest absolute Gasteiger partial charge is 0.352 e. The van der Waals surface area contributed by atoms with Crippen molar-refractivity contribution in [3.8, 4) is 0 Å².